The van der Waals surface area contributed by atoms with E-state index in [0.717, 1.165) is 0 Å². The molecule has 7 nitrogen and oxygen atoms in total. The Labute approximate surface area is 125 Å². The topological polar surface area (TPSA) is 107 Å². The number of hydrogen-bond donors (Lipinski definition) is 1. The molecule has 1 fully saturated rings. The molecule has 1 aliphatic heterocycles. The fourth-order valence-electron chi connectivity index (χ4n) is 2.36. The Hall–Kier alpha value is -2.15. The second-order valence-corrected chi connectivity index (χ2v) is 5.32. The van der Waals surface area contributed by atoms with E-state index >= 15 is 0 Å². The van der Waals surface area contributed by atoms with E-state index in [1.54, 1.807) is 0 Å². The number of carbonyl (C=O) groups excluding carboxylic acids is 2. The lowest BCUT2D eigenvalue weighted by Crippen LogP contribution is -2.44. The van der Waals surface area contributed by atoms with Crippen molar-refractivity contribution >= 4 is 29.1 Å². The molecule has 8 heteroatoms. The molecule has 2 N–H and O–H groups in total. The van der Waals surface area contributed by atoms with E-state index in [2.05, 4.69) is 0 Å². The number of likely N-dealkylation sites (tertiary alicyclic amines) is 1. The van der Waals surface area contributed by atoms with Gasteiger partial charge in [0.15, 0.2) is 0 Å². The van der Waals surface area contributed by atoms with Crippen LogP contribution in [0.2, 0.25) is 5.02 Å². The fraction of sp³-hybridized carbons (Fsp3) is 0.385. The zero-order valence-corrected chi connectivity index (χ0v) is 11.9. The lowest BCUT2D eigenvalue weighted by atomic mass is 9.97. The first kappa shape index (κ1) is 15.2. The van der Waals surface area contributed by atoms with E-state index in [1.165, 1.54) is 23.1 Å². The van der Waals surface area contributed by atoms with Crippen molar-refractivity contribution in [2.24, 2.45) is 11.7 Å². The Balaban J connectivity index is 2.18. The van der Waals surface area contributed by atoms with Gasteiger partial charge < -0.3 is 10.6 Å². The number of nitrogens with two attached hydrogens (primary N) is 1. The first-order chi connectivity index (χ1) is 9.90. The lowest BCUT2D eigenvalue weighted by Gasteiger charge is -2.31. The van der Waals surface area contributed by atoms with E-state index in [-0.39, 0.29) is 34.6 Å². The normalized spacial score (nSPS) is 18.3. The number of primary amides is 1. The summed E-state index contributed by atoms with van der Waals surface area (Å²) in [5.41, 5.74) is 5.28. The monoisotopic (exact) mass is 311 g/mol. The summed E-state index contributed by atoms with van der Waals surface area (Å²) in [6, 6.07) is 3.83. The van der Waals surface area contributed by atoms with Gasteiger partial charge in [0.2, 0.25) is 5.91 Å². The maximum atomic E-state index is 12.3. The zero-order valence-electron chi connectivity index (χ0n) is 11.1. The van der Waals surface area contributed by atoms with Crippen molar-refractivity contribution in [3.05, 3.63) is 38.9 Å². The van der Waals surface area contributed by atoms with E-state index in [4.69, 9.17) is 17.3 Å². The van der Waals surface area contributed by atoms with Crippen LogP contribution in [0, 0.1) is 16.0 Å². The number of halogens is 1. The quantitative estimate of drug-likeness (QED) is 0.675. The van der Waals surface area contributed by atoms with Gasteiger partial charge in [-0.15, -0.1) is 0 Å². The molecule has 1 aromatic carbocycles. The molecule has 1 heterocycles. The molecule has 0 aromatic heterocycles. The second kappa shape index (κ2) is 6.09. The molecule has 0 bridgehead atoms. The van der Waals surface area contributed by atoms with Crippen molar-refractivity contribution in [2.75, 3.05) is 13.1 Å². The summed E-state index contributed by atoms with van der Waals surface area (Å²) in [5.74, 6) is -1.08. The van der Waals surface area contributed by atoms with Crippen LogP contribution < -0.4 is 5.73 Å². The minimum atomic E-state index is -0.611. The first-order valence-corrected chi connectivity index (χ1v) is 6.80. The van der Waals surface area contributed by atoms with Crippen molar-refractivity contribution in [2.45, 2.75) is 12.8 Å². The Kier molecular flexibility index (Phi) is 4.42. The van der Waals surface area contributed by atoms with E-state index in [9.17, 15) is 19.7 Å². The van der Waals surface area contributed by atoms with Crippen LogP contribution in [-0.4, -0.2) is 34.7 Å². The van der Waals surface area contributed by atoms with Gasteiger partial charge in [-0.05, 0) is 25.0 Å². The molecule has 2 amide bonds. The molecule has 0 aliphatic carbocycles. The molecular formula is C13H14ClN3O4. The van der Waals surface area contributed by atoms with Crippen molar-refractivity contribution in [1.29, 1.82) is 0 Å². The average molecular weight is 312 g/mol. The van der Waals surface area contributed by atoms with Crippen molar-refractivity contribution in [3.63, 3.8) is 0 Å². The molecule has 1 aliphatic rings. The van der Waals surface area contributed by atoms with Crippen LogP contribution in [-0.2, 0) is 4.79 Å². The highest BCUT2D eigenvalue weighted by atomic mass is 35.5. The predicted molar refractivity (Wildman–Crippen MR) is 75.9 cm³/mol. The number of rotatable bonds is 3. The van der Waals surface area contributed by atoms with Gasteiger partial charge in [-0.3, -0.25) is 19.7 Å². The number of benzene rings is 1. The van der Waals surface area contributed by atoms with Crippen LogP contribution in [0.1, 0.15) is 23.2 Å². The zero-order chi connectivity index (χ0) is 15.6. The Bertz CT molecular complexity index is 605. The van der Waals surface area contributed by atoms with E-state index in [1.807, 2.05) is 0 Å². The number of hydrogen-bond acceptors (Lipinski definition) is 4. The van der Waals surface area contributed by atoms with Crippen LogP contribution >= 0.6 is 11.6 Å². The average Bonchev–Trinajstić information content (AvgIpc) is 2.46. The van der Waals surface area contributed by atoms with Gasteiger partial charge >= 0.3 is 0 Å². The van der Waals surface area contributed by atoms with Gasteiger partial charge in [0, 0.05) is 24.7 Å². The Morgan fingerprint density at radius 2 is 2.14 bits per heavy atom. The molecule has 0 radical (unpaired) electrons. The van der Waals surface area contributed by atoms with E-state index in [0.29, 0.717) is 19.4 Å². The summed E-state index contributed by atoms with van der Waals surface area (Å²) in [4.78, 5) is 35.2. The van der Waals surface area contributed by atoms with Gasteiger partial charge in [0.1, 0.15) is 5.02 Å². The van der Waals surface area contributed by atoms with Crippen LogP contribution in [0.5, 0.6) is 0 Å². The Morgan fingerprint density at radius 3 is 2.71 bits per heavy atom. The van der Waals surface area contributed by atoms with Crippen LogP contribution in [0.3, 0.4) is 0 Å². The number of carbonyl (C=O) groups is 2. The van der Waals surface area contributed by atoms with Crippen molar-refractivity contribution < 1.29 is 14.5 Å². The maximum absolute atomic E-state index is 12.3. The van der Waals surface area contributed by atoms with Crippen LogP contribution in [0.15, 0.2) is 18.2 Å². The minimum Gasteiger partial charge on any atom is -0.369 e. The summed E-state index contributed by atoms with van der Waals surface area (Å²) >= 11 is 5.80. The summed E-state index contributed by atoms with van der Waals surface area (Å²) in [5, 5.41) is 10.6. The number of nitro groups is 1. The molecule has 0 saturated carbocycles. The van der Waals surface area contributed by atoms with Crippen LogP contribution in [0.4, 0.5) is 5.69 Å². The molecule has 1 unspecified atom stereocenters. The SMILES string of the molecule is NC(=O)C1CCCN(C(=O)c2ccc([N+](=O)[O-])c(Cl)c2)C1. The highest BCUT2D eigenvalue weighted by Gasteiger charge is 2.28. The summed E-state index contributed by atoms with van der Waals surface area (Å²) in [6.07, 6.45) is 1.36. The Morgan fingerprint density at radius 1 is 1.43 bits per heavy atom. The second-order valence-electron chi connectivity index (χ2n) is 4.92. The molecule has 1 aromatic rings. The van der Waals surface area contributed by atoms with E-state index < -0.39 is 10.8 Å². The summed E-state index contributed by atoms with van der Waals surface area (Å²) in [6.45, 7) is 0.792. The van der Waals surface area contributed by atoms with Gasteiger partial charge in [-0.25, -0.2) is 0 Å². The smallest absolute Gasteiger partial charge is 0.287 e. The van der Waals surface area contributed by atoms with Crippen molar-refractivity contribution in [1.82, 2.24) is 4.90 Å². The fourth-order valence-corrected chi connectivity index (χ4v) is 2.61. The standard InChI is InChI=1S/C13H14ClN3O4/c14-10-6-8(3-4-11(10)17(20)21)13(19)16-5-1-2-9(7-16)12(15)18/h3-4,6,9H,1-2,5,7H2,(H2,15,18). The number of piperidine rings is 1. The van der Waals surface area contributed by atoms with Gasteiger partial charge in [0.05, 0.1) is 10.8 Å². The number of amides is 2. The van der Waals surface area contributed by atoms with Crippen molar-refractivity contribution in [3.8, 4) is 0 Å². The molecule has 21 heavy (non-hydrogen) atoms. The largest absolute Gasteiger partial charge is 0.369 e. The van der Waals surface area contributed by atoms with Gasteiger partial charge in [-0.1, -0.05) is 11.6 Å². The van der Waals surface area contributed by atoms with Gasteiger partial charge in [-0.2, -0.15) is 0 Å². The highest BCUT2D eigenvalue weighted by Crippen LogP contribution is 2.26. The molecule has 2 rings (SSSR count). The first-order valence-electron chi connectivity index (χ1n) is 6.42. The van der Waals surface area contributed by atoms with Gasteiger partial charge in [0.25, 0.3) is 11.6 Å². The summed E-state index contributed by atoms with van der Waals surface area (Å²) < 4.78 is 0. The third-order valence-electron chi connectivity index (χ3n) is 3.50. The lowest BCUT2D eigenvalue weighted by molar-refractivity contribution is -0.384. The molecule has 1 saturated heterocycles. The highest BCUT2D eigenvalue weighted by molar-refractivity contribution is 6.33. The number of nitrogens with zero attached hydrogens (tertiary/aromatic N) is 2. The molecular weight excluding hydrogens is 298 g/mol. The molecule has 0 spiro atoms. The van der Waals surface area contributed by atoms with Crippen LogP contribution in [0.25, 0.3) is 0 Å². The third kappa shape index (κ3) is 3.30. The number of nitro benzene ring substituents is 1. The maximum Gasteiger partial charge on any atom is 0.287 e. The molecule has 1 atom stereocenters. The summed E-state index contributed by atoms with van der Waals surface area (Å²) in [7, 11) is 0. The minimum absolute atomic E-state index is 0.0886. The predicted octanol–water partition coefficient (Wildman–Crippen LogP) is 1.59. The third-order valence-corrected chi connectivity index (χ3v) is 3.81. The molecule has 112 valence electrons.